The van der Waals surface area contributed by atoms with E-state index in [9.17, 15) is 19.5 Å². The maximum Gasteiger partial charge on any atom is 0.413 e. The van der Waals surface area contributed by atoms with Gasteiger partial charge in [-0.25, -0.2) is 19.4 Å². The molecule has 1 amide bonds. The van der Waals surface area contributed by atoms with Gasteiger partial charge in [0, 0.05) is 5.38 Å². The summed E-state index contributed by atoms with van der Waals surface area (Å²) in [5, 5.41) is 16.7. The van der Waals surface area contributed by atoms with Crippen LogP contribution in [-0.2, 0) is 30.5 Å². The number of oxime groups is 1. The molecule has 1 aromatic carbocycles. The number of thiazole rings is 1. The molecule has 0 saturated carbocycles. The maximum atomic E-state index is 11.9. The van der Waals surface area contributed by atoms with Crippen molar-refractivity contribution < 1.29 is 39.3 Å². The molecule has 0 fully saturated rings. The van der Waals surface area contributed by atoms with Crippen LogP contribution in [0.5, 0.6) is 0 Å². The van der Waals surface area contributed by atoms with E-state index >= 15 is 0 Å². The fourth-order valence-corrected chi connectivity index (χ4v) is 2.68. The molecule has 0 spiro atoms. The normalized spacial score (nSPS) is 11.1. The second kappa shape index (κ2) is 11.6. The minimum atomic E-state index is -1.41. The summed E-state index contributed by atoms with van der Waals surface area (Å²) in [4.78, 5) is 43.7. The van der Waals surface area contributed by atoms with Crippen molar-refractivity contribution in [1.82, 2.24) is 4.98 Å². The molecule has 2 rings (SSSR count). The van der Waals surface area contributed by atoms with Crippen LogP contribution in [0.3, 0.4) is 0 Å². The molecular weight excluding hydrogens is 430 g/mol. The number of hydrogen-bond acceptors (Lipinski definition) is 9. The number of carbonyl (C=O) groups excluding carboxylic acids is 2. The van der Waals surface area contributed by atoms with Gasteiger partial charge in [-0.1, -0.05) is 35.5 Å². The van der Waals surface area contributed by atoms with Crippen molar-refractivity contribution in [3.05, 3.63) is 47.0 Å². The zero-order valence-electron chi connectivity index (χ0n) is 17.1. The van der Waals surface area contributed by atoms with Gasteiger partial charge >= 0.3 is 18.0 Å². The van der Waals surface area contributed by atoms with Gasteiger partial charge in [-0.05, 0) is 26.3 Å². The number of carboxylic acids is 1. The van der Waals surface area contributed by atoms with Crippen molar-refractivity contribution in [3.63, 3.8) is 0 Å². The molecule has 1 aromatic heterocycles. The lowest BCUT2D eigenvalue weighted by Crippen LogP contribution is -2.26. The van der Waals surface area contributed by atoms with E-state index in [0.717, 1.165) is 16.9 Å². The van der Waals surface area contributed by atoms with Crippen LogP contribution in [0, 0.1) is 0 Å². The number of amides is 1. The highest BCUT2D eigenvalue weighted by Crippen LogP contribution is 2.17. The third-order valence-electron chi connectivity index (χ3n) is 3.13. The molecule has 0 unspecified atom stereocenters. The number of esters is 1. The Bertz CT molecular complexity index is 922. The standard InChI is InChI=1S/C19H21N3O7S.H2O/c1-19(2,3)29-14(23)10-28-22-15(16(24)25)13-11-30-17(20-13)21-18(26)27-9-12-7-5-4-6-8-12;/h4-8,11H,9-10H2,1-3H3,(H,24,25)(H,20,21,26);1H2/b22-15-;. The first-order valence-corrected chi connectivity index (χ1v) is 9.61. The topological polar surface area (TPSA) is 168 Å². The van der Waals surface area contributed by atoms with Gasteiger partial charge in [-0.2, -0.15) is 0 Å². The molecule has 0 saturated heterocycles. The first-order chi connectivity index (χ1) is 14.1. The first kappa shape index (κ1) is 25.5. The summed E-state index contributed by atoms with van der Waals surface area (Å²) in [6, 6.07) is 9.10. The van der Waals surface area contributed by atoms with E-state index in [0.29, 0.717) is 0 Å². The predicted octanol–water partition coefficient (Wildman–Crippen LogP) is 2.21. The molecule has 31 heavy (non-hydrogen) atoms. The van der Waals surface area contributed by atoms with Gasteiger partial charge in [0.15, 0.2) is 5.13 Å². The molecule has 12 heteroatoms. The van der Waals surface area contributed by atoms with Crippen LogP contribution < -0.4 is 5.32 Å². The van der Waals surface area contributed by atoms with Gasteiger partial charge in [0.1, 0.15) is 17.9 Å². The summed E-state index contributed by atoms with van der Waals surface area (Å²) in [5.41, 5.74) is -0.463. The third kappa shape index (κ3) is 9.23. The van der Waals surface area contributed by atoms with Crippen molar-refractivity contribution in [2.45, 2.75) is 33.0 Å². The van der Waals surface area contributed by atoms with Crippen molar-refractivity contribution in [1.29, 1.82) is 0 Å². The lowest BCUT2D eigenvalue weighted by Gasteiger charge is -2.18. The molecule has 2 aromatic rings. The van der Waals surface area contributed by atoms with Gasteiger partial charge in [0.2, 0.25) is 12.3 Å². The number of aromatic nitrogens is 1. The minimum Gasteiger partial charge on any atom is -0.476 e. The summed E-state index contributed by atoms with van der Waals surface area (Å²) < 4.78 is 10.1. The molecule has 4 N–H and O–H groups in total. The van der Waals surface area contributed by atoms with Crippen molar-refractivity contribution >= 4 is 40.2 Å². The highest BCUT2D eigenvalue weighted by atomic mass is 32.1. The third-order valence-corrected chi connectivity index (χ3v) is 3.89. The van der Waals surface area contributed by atoms with Gasteiger partial charge in [0.05, 0.1) is 0 Å². The molecule has 0 bridgehead atoms. The maximum absolute atomic E-state index is 11.9. The monoisotopic (exact) mass is 453 g/mol. The summed E-state index contributed by atoms with van der Waals surface area (Å²) in [5.74, 6) is -2.11. The molecule has 11 nitrogen and oxygen atoms in total. The number of benzene rings is 1. The Morgan fingerprint density at radius 1 is 1.19 bits per heavy atom. The highest BCUT2D eigenvalue weighted by molar-refractivity contribution is 7.14. The molecular formula is C19H23N3O8S. The quantitative estimate of drug-likeness (QED) is 0.348. The number of anilines is 1. The number of rotatable bonds is 8. The first-order valence-electron chi connectivity index (χ1n) is 8.73. The average molecular weight is 453 g/mol. The van der Waals surface area contributed by atoms with E-state index in [4.69, 9.17) is 14.3 Å². The Kier molecular flexibility index (Phi) is 9.57. The van der Waals surface area contributed by atoms with Crippen molar-refractivity contribution in [2.24, 2.45) is 5.16 Å². The lowest BCUT2D eigenvalue weighted by molar-refractivity contribution is -0.160. The van der Waals surface area contributed by atoms with Crippen LogP contribution in [0.2, 0.25) is 0 Å². The minimum absolute atomic E-state index is 0. The van der Waals surface area contributed by atoms with Crippen LogP contribution in [0.25, 0.3) is 0 Å². The van der Waals surface area contributed by atoms with Gasteiger partial charge in [0.25, 0.3) is 0 Å². The van der Waals surface area contributed by atoms with Crippen LogP contribution in [-0.4, -0.2) is 51.5 Å². The average Bonchev–Trinajstić information content (AvgIpc) is 3.10. The van der Waals surface area contributed by atoms with Gasteiger partial charge < -0.3 is 24.9 Å². The van der Waals surface area contributed by atoms with E-state index in [1.54, 1.807) is 20.8 Å². The summed E-state index contributed by atoms with van der Waals surface area (Å²) >= 11 is 0.979. The van der Waals surface area contributed by atoms with E-state index in [2.05, 4.69) is 15.5 Å². The Morgan fingerprint density at radius 3 is 2.48 bits per heavy atom. The molecule has 168 valence electrons. The summed E-state index contributed by atoms with van der Waals surface area (Å²) in [6.07, 6.45) is -0.741. The highest BCUT2D eigenvalue weighted by Gasteiger charge is 2.20. The Balaban J connectivity index is 0.00000480. The van der Waals surface area contributed by atoms with Crippen LogP contribution >= 0.6 is 11.3 Å². The smallest absolute Gasteiger partial charge is 0.413 e. The van der Waals surface area contributed by atoms with E-state index in [1.165, 1.54) is 5.38 Å². The molecule has 0 aliphatic heterocycles. The number of ether oxygens (including phenoxy) is 2. The number of aliphatic carboxylic acids is 1. The Hall–Kier alpha value is -3.51. The zero-order chi connectivity index (χ0) is 22.1. The van der Waals surface area contributed by atoms with E-state index in [1.807, 2.05) is 30.3 Å². The molecule has 1 heterocycles. The van der Waals surface area contributed by atoms with Crippen LogP contribution in [0.15, 0.2) is 40.9 Å². The Labute approximate surface area is 181 Å². The lowest BCUT2D eigenvalue weighted by atomic mass is 10.2. The largest absolute Gasteiger partial charge is 0.476 e. The molecule has 0 radical (unpaired) electrons. The fourth-order valence-electron chi connectivity index (χ4n) is 2.00. The predicted molar refractivity (Wildman–Crippen MR) is 112 cm³/mol. The number of nitrogens with one attached hydrogen (secondary N) is 1. The second-order valence-electron chi connectivity index (χ2n) is 6.83. The number of nitrogens with zero attached hydrogens (tertiary/aromatic N) is 2. The van der Waals surface area contributed by atoms with Crippen molar-refractivity contribution in [2.75, 3.05) is 11.9 Å². The van der Waals surface area contributed by atoms with Gasteiger partial charge in [-0.3, -0.25) is 5.32 Å². The fraction of sp³-hybridized carbons (Fsp3) is 0.316. The van der Waals surface area contributed by atoms with Crippen LogP contribution in [0.1, 0.15) is 32.0 Å². The summed E-state index contributed by atoms with van der Waals surface area (Å²) in [6.45, 7) is 4.57. The Morgan fingerprint density at radius 2 is 1.87 bits per heavy atom. The number of hydrogen-bond donors (Lipinski definition) is 2. The number of carbonyl (C=O) groups is 3. The van der Waals surface area contributed by atoms with Crippen molar-refractivity contribution in [3.8, 4) is 0 Å². The van der Waals surface area contributed by atoms with E-state index < -0.39 is 36.0 Å². The molecule has 0 aliphatic rings. The zero-order valence-corrected chi connectivity index (χ0v) is 17.9. The molecule has 0 aliphatic carbocycles. The SMILES string of the molecule is CC(C)(C)OC(=O)CO/N=C(\C(=O)O)c1csc(NC(=O)OCc2ccccc2)n1.O. The van der Waals surface area contributed by atoms with E-state index in [-0.39, 0.29) is 22.9 Å². The van der Waals surface area contributed by atoms with Gasteiger partial charge in [-0.15, -0.1) is 11.3 Å². The summed E-state index contributed by atoms with van der Waals surface area (Å²) in [7, 11) is 0. The molecule has 0 atom stereocenters. The second-order valence-corrected chi connectivity index (χ2v) is 7.69. The van der Waals surface area contributed by atoms with Crippen LogP contribution in [0.4, 0.5) is 9.93 Å². The number of carboxylic acid groups (broad SMARTS) is 1.